The predicted octanol–water partition coefficient (Wildman–Crippen LogP) is 3.21. The molecule has 1 spiro atoms. The first-order chi connectivity index (χ1) is 6.80. The fraction of sp³-hybridized carbons (Fsp3) is 0.500. The van der Waals surface area contributed by atoms with Crippen molar-refractivity contribution in [1.29, 1.82) is 0 Å². The lowest BCUT2D eigenvalue weighted by Gasteiger charge is -2.01. The van der Waals surface area contributed by atoms with Crippen LogP contribution in [0.25, 0.3) is 0 Å². The van der Waals surface area contributed by atoms with Gasteiger partial charge in [-0.3, -0.25) is 0 Å². The van der Waals surface area contributed by atoms with Gasteiger partial charge in [-0.1, -0.05) is 25.0 Å². The highest BCUT2D eigenvalue weighted by Gasteiger charge is 2.57. The molecule has 1 aromatic rings. The van der Waals surface area contributed by atoms with E-state index in [0.29, 0.717) is 0 Å². The van der Waals surface area contributed by atoms with Crippen LogP contribution in [-0.4, -0.2) is 5.60 Å². The molecule has 1 saturated heterocycles. The van der Waals surface area contributed by atoms with Crippen molar-refractivity contribution < 1.29 is 9.13 Å². The number of hydrogen-bond donors (Lipinski definition) is 0. The van der Waals surface area contributed by atoms with Crippen LogP contribution < -0.4 is 0 Å². The molecule has 2 aliphatic rings. The van der Waals surface area contributed by atoms with Crippen LogP contribution in [0.3, 0.4) is 0 Å². The van der Waals surface area contributed by atoms with Gasteiger partial charge in [0.1, 0.15) is 11.9 Å². The Morgan fingerprint density at radius 3 is 2.79 bits per heavy atom. The van der Waals surface area contributed by atoms with Crippen molar-refractivity contribution >= 4 is 0 Å². The first-order valence-corrected chi connectivity index (χ1v) is 5.23. The highest BCUT2D eigenvalue weighted by atomic mass is 19.1. The highest BCUT2D eigenvalue weighted by Crippen LogP contribution is 2.58. The maximum Gasteiger partial charge on any atom is 0.123 e. The van der Waals surface area contributed by atoms with Crippen molar-refractivity contribution in [2.45, 2.75) is 37.4 Å². The Morgan fingerprint density at radius 1 is 1.29 bits per heavy atom. The predicted molar refractivity (Wildman–Crippen MR) is 51.4 cm³/mol. The van der Waals surface area contributed by atoms with Crippen molar-refractivity contribution in [2.24, 2.45) is 0 Å². The molecule has 1 atom stereocenters. The van der Waals surface area contributed by atoms with Crippen LogP contribution in [-0.2, 0) is 4.74 Å². The van der Waals surface area contributed by atoms with Gasteiger partial charge >= 0.3 is 0 Å². The first-order valence-electron chi connectivity index (χ1n) is 5.23. The summed E-state index contributed by atoms with van der Waals surface area (Å²) in [5, 5.41) is 0. The number of ether oxygens (including phenoxy) is 1. The molecule has 1 aromatic carbocycles. The van der Waals surface area contributed by atoms with E-state index < -0.39 is 0 Å². The Morgan fingerprint density at radius 2 is 2.07 bits per heavy atom. The molecule has 0 aromatic heterocycles. The summed E-state index contributed by atoms with van der Waals surface area (Å²) in [6.45, 7) is 0. The van der Waals surface area contributed by atoms with Crippen molar-refractivity contribution in [3.8, 4) is 0 Å². The van der Waals surface area contributed by atoms with Gasteiger partial charge in [-0.15, -0.1) is 0 Å². The summed E-state index contributed by atoms with van der Waals surface area (Å²) in [6.07, 6.45) is 4.97. The standard InChI is InChI=1S/C12H13FO/c13-10-5-3-4-9(8-10)11-12(14-11)6-1-2-7-12/h3-5,8,11H,1-2,6-7H2. The topological polar surface area (TPSA) is 12.5 Å². The van der Waals surface area contributed by atoms with Gasteiger partial charge in [0.2, 0.25) is 0 Å². The summed E-state index contributed by atoms with van der Waals surface area (Å²) >= 11 is 0. The minimum absolute atomic E-state index is 0.0911. The Balaban J connectivity index is 1.85. The SMILES string of the molecule is Fc1cccc(C2OC23CCCC3)c1. The largest absolute Gasteiger partial charge is 0.361 e. The van der Waals surface area contributed by atoms with E-state index >= 15 is 0 Å². The molecule has 1 nitrogen and oxygen atoms in total. The summed E-state index contributed by atoms with van der Waals surface area (Å²) in [7, 11) is 0. The molecule has 14 heavy (non-hydrogen) atoms. The Bertz CT molecular complexity index is 355. The highest BCUT2D eigenvalue weighted by molar-refractivity contribution is 5.27. The van der Waals surface area contributed by atoms with Crippen molar-refractivity contribution in [3.05, 3.63) is 35.6 Å². The van der Waals surface area contributed by atoms with Crippen LogP contribution in [0.1, 0.15) is 37.4 Å². The molecule has 74 valence electrons. The molecule has 0 bridgehead atoms. The Kier molecular flexibility index (Phi) is 1.68. The average molecular weight is 192 g/mol. The summed E-state index contributed by atoms with van der Waals surface area (Å²) in [6, 6.07) is 6.79. The van der Waals surface area contributed by atoms with Gasteiger partial charge in [-0.25, -0.2) is 4.39 Å². The van der Waals surface area contributed by atoms with E-state index in [0.717, 1.165) is 18.4 Å². The molecule has 0 N–H and O–H groups in total. The molecular weight excluding hydrogens is 179 g/mol. The second-order valence-corrected chi connectivity index (χ2v) is 4.32. The number of epoxide rings is 1. The van der Waals surface area contributed by atoms with Crippen LogP contribution in [0.15, 0.2) is 24.3 Å². The lowest BCUT2D eigenvalue weighted by atomic mass is 9.98. The molecule has 1 saturated carbocycles. The lowest BCUT2D eigenvalue weighted by molar-refractivity contribution is 0.297. The third-order valence-electron chi connectivity index (χ3n) is 3.37. The molecule has 1 aliphatic carbocycles. The van der Waals surface area contributed by atoms with E-state index in [1.165, 1.54) is 18.9 Å². The zero-order valence-electron chi connectivity index (χ0n) is 8.00. The van der Waals surface area contributed by atoms with Gasteiger partial charge in [0.05, 0.1) is 5.60 Å². The second-order valence-electron chi connectivity index (χ2n) is 4.32. The molecular formula is C12H13FO. The quantitative estimate of drug-likeness (QED) is 0.622. The zero-order valence-corrected chi connectivity index (χ0v) is 8.00. The van der Waals surface area contributed by atoms with Crippen LogP contribution in [0.5, 0.6) is 0 Å². The monoisotopic (exact) mass is 192 g/mol. The lowest BCUT2D eigenvalue weighted by Crippen LogP contribution is -2.04. The van der Waals surface area contributed by atoms with E-state index in [4.69, 9.17) is 4.74 Å². The van der Waals surface area contributed by atoms with Gasteiger partial charge in [-0.2, -0.15) is 0 Å². The second kappa shape index (κ2) is 2.80. The third-order valence-corrected chi connectivity index (χ3v) is 3.37. The molecule has 1 aliphatic heterocycles. The van der Waals surface area contributed by atoms with Crippen LogP contribution in [0.4, 0.5) is 4.39 Å². The van der Waals surface area contributed by atoms with Gasteiger partial charge in [0.15, 0.2) is 0 Å². The van der Waals surface area contributed by atoms with E-state index in [9.17, 15) is 4.39 Å². The number of hydrogen-bond acceptors (Lipinski definition) is 1. The fourth-order valence-corrected chi connectivity index (χ4v) is 2.60. The summed E-state index contributed by atoms with van der Waals surface area (Å²) < 4.78 is 18.7. The van der Waals surface area contributed by atoms with Crippen LogP contribution in [0.2, 0.25) is 0 Å². The minimum Gasteiger partial charge on any atom is -0.361 e. The molecule has 1 heterocycles. The fourth-order valence-electron chi connectivity index (χ4n) is 2.60. The van der Waals surface area contributed by atoms with Crippen molar-refractivity contribution in [1.82, 2.24) is 0 Å². The minimum atomic E-state index is -0.161. The number of halogens is 1. The maximum atomic E-state index is 13.0. The van der Waals surface area contributed by atoms with Gasteiger partial charge < -0.3 is 4.74 Å². The number of benzene rings is 1. The van der Waals surface area contributed by atoms with Crippen LogP contribution in [0, 0.1) is 5.82 Å². The van der Waals surface area contributed by atoms with Crippen molar-refractivity contribution in [2.75, 3.05) is 0 Å². The Labute approximate surface area is 82.9 Å². The van der Waals surface area contributed by atoms with Gasteiger partial charge in [0, 0.05) is 0 Å². The van der Waals surface area contributed by atoms with Crippen LogP contribution >= 0.6 is 0 Å². The summed E-state index contributed by atoms with van der Waals surface area (Å²) in [5.41, 5.74) is 1.10. The van der Waals surface area contributed by atoms with Gasteiger partial charge in [-0.05, 0) is 30.5 Å². The normalized spacial score (nSPS) is 28.2. The summed E-state index contributed by atoms with van der Waals surface area (Å²) in [5.74, 6) is -0.161. The Hall–Kier alpha value is -0.890. The van der Waals surface area contributed by atoms with Gasteiger partial charge in [0.25, 0.3) is 0 Å². The molecule has 2 heteroatoms. The van der Waals surface area contributed by atoms with E-state index in [-0.39, 0.29) is 17.5 Å². The first kappa shape index (κ1) is 8.42. The molecule has 2 fully saturated rings. The molecule has 0 radical (unpaired) electrons. The third kappa shape index (κ3) is 1.17. The summed E-state index contributed by atoms with van der Waals surface area (Å²) in [4.78, 5) is 0. The van der Waals surface area contributed by atoms with E-state index in [1.807, 2.05) is 6.07 Å². The smallest absolute Gasteiger partial charge is 0.123 e. The maximum absolute atomic E-state index is 13.0. The molecule has 3 rings (SSSR count). The van der Waals surface area contributed by atoms with E-state index in [2.05, 4.69) is 0 Å². The van der Waals surface area contributed by atoms with Crippen molar-refractivity contribution in [3.63, 3.8) is 0 Å². The molecule has 0 amide bonds. The molecule has 1 unspecified atom stereocenters. The van der Waals surface area contributed by atoms with E-state index in [1.54, 1.807) is 12.1 Å². The number of rotatable bonds is 1. The average Bonchev–Trinajstić information content (AvgIpc) is 2.65. The zero-order chi connectivity index (χ0) is 9.60.